The molecule has 5 rings (SSSR count). The molecule has 0 fully saturated rings. The van der Waals surface area contributed by atoms with Gasteiger partial charge in [-0.25, -0.2) is 4.79 Å². The molecular weight excluding hydrogens is 430 g/mol. The van der Waals surface area contributed by atoms with Crippen molar-refractivity contribution < 1.29 is 9.47 Å². The predicted molar refractivity (Wildman–Crippen MR) is 133 cm³/mol. The third-order valence-electron chi connectivity index (χ3n) is 6.17. The van der Waals surface area contributed by atoms with Crippen molar-refractivity contribution in [3.05, 3.63) is 65.0 Å². The summed E-state index contributed by atoms with van der Waals surface area (Å²) in [5, 5.41) is 5.45. The van der Waals surface area contributed by atoms with Crippen LogP contribution in [0.15, 0.2) is 53.6 Å². The number of hydrogen-bond acceptors (Lipinski definition) is 5. The number of imidazole rings is 1. The van der Waals surface area contributed by atoms with Gasteiger partial charge in [0.15, 0.2) is 11.5 Å². The van der Waals surface area contributed by atoms with E-state index in [4.69, 9.17) is 9.47 Å². The van der Waals surface area contributed by atoms with Crippen molar-refractivity contribution in [3.63, 3.8) is 0 Å². The predicted octanol–water partition coefficient (Wildman–Crippen LogP) is 4.48. The van der Waals surface area contributed by atoms with Crippen molar-refractivity contribution in [2.45, 2.75) is 27.3 Å². The third-order valence-corrected chi connectivity index (χ3v) is 6.17. The van der Waals surface area contributed by atoms with E-state index >= 15 is 0 Å². The van der Waals surface area contributed by atoms with E-state index < -0.39 is 0 Å². The standard InChI is InChI=1S/C26H27N5O3/c1-6-30-15-22(16(3)28-30)31-25-19-12-17(18-9-11-23(34-7-2)24(13-18)33-5)8-10-20(19)27-14-21(25)29(4)26(31)32/h8-15H,6-7H2,1-5H3. The van der Waals surface area contributed by atoms with Crippen molar-refractivity contribution in [1.29, 1.82) is 0 Å². The summed E-state index contributed by atoms with van der Waals surface area (Å²) in [6.45, 7) is 7.19. The lowest BCUT2D eigenvalue weighted by atomic mass is 10.0. The molecule has 0 amide bonds. The van der Waals surface area contributed by atoms with Crippen molar-refractivity contribution in [1.82, 2.24) is 23.9 Å². The van der Waals surface area contributed by atoms with Gasteiger partial charge in [-0.2, -0.15) is 5.10 Å². The van der Waals surface area contributed by atoms with Gasteiger partial charge in [0.05, 0.1) is 47.8 Å². The molecular formula is C26H27N5O3. The number of hydrogen-bond donors (Lipinski definition) is 0. The summed E-state index contributed by atoms with van der Waals surface area (Å²) in [5.41, 5.74) is 5.82. The van der Waals surface area contributed by atoms with Crippen LogP contribution in [-0.4, -0.2) is 37.6 Å². The molecule has 0 aliphatic carbocycles. The molecule has 0 aliphatic heterocycles. The minimum Gasteiger partial charge on any atom is -0.493 e. The van der Waals surface area contributed by atoms with Crippen molar-refractivity contribution in [2.24, 2.45) is 7.05 Å². The molecule has 0 radical (unpaired) electrons. The van der Waals surface area contributed by atoms with Crippen molar-refractivity contribution in [2.75, 3.05) is 13.7 Å². The summed E-state index contributed by atoms with van der Waals surface area (Å²) in [6, 6.07) is 12.0. The summed E-state index contributed by atoms with van der Waals surface area (Å²) in [6.07, 6.45) is 3.68. The topological polar surface area (TPSA) is 76.1 Å². The Labute approximate surface area is 197 Å². The molecule has 0 bridgehead atoms. The second kappa shape index (κ2) is 8.37. The van der Waals surface area contributed by atoms with Gasteiger partial charge in [-0.3, -0.25) is 18.8 Å². The van der Waals surface area contributed by atoms with E-state index in [0.717, 1.165) is 51.0 Å². The largest absolute Gasteiger partial charge is 0.493 e. The van der Waals surface area contributed by atoms with Gasteiger partial charge in [-0.05, 0) is 56.2 Å². The van der Waals surface area contributed by atoms with Crippen LogP contribution in [0.1, 0.15) is 19.5 Å². The first-order valence-electron chi connectivity index (χ1n) is 11.3. The zero-order valence-corrected chi connectivity index (χ0v) is 20.0. The summed E-state index contributed by atoms with van der Waals surface area (Å²) < 4.78 is 16.4. The Kier molecular flexibility index (Phi) is 5.36. The van der Waals surface area contributed by atoms with Gasteiger partial charge in [0.2, 0.25) is 0 Å². The van der Waals surface area contributed by atoms with E-state index in [2.05, 4.69) is 16.1 Å². The molecule has 0 aliphatic rings. The van der Waals surface area contributed by atoms with E-state index in [1.54, 1.807) is 29.5 Å². The molecule has 0 unspecified atom stereocenters. The van der Waals surface area contributed by atoms with Gasteiger partial charge in [0, 0.05) is 25.2 Å². The smallest absolute Gasteiger partial charge is 0.333 e. The Hall–Kier alpha value is -4.07. The molecule has 0 saturated heterocycles. The molecule has 0 N–H and O–H groups in total. The lowest BCUT2D eigenvalue weighted by Crippen LogP contribution is -2.21. The zero-order chi connectivity index (χ0) is 24.0. The maximum atomic E-state index is 13.4. The number of nitrogens with zero attached hydrogens (tertiary/aromatic N) is 5. The minimum atomic E-state index is -0.129. The number of methoxy groups -OCH3 is 1. The molecule has 0 spiro atoms. The highest BCUT2D eigenvalue weighted by atomic mass is 16.5. The van der Waals surface area contributed by atoms with Gasteiger partial charge in [-0.15, -0.1) is 0 Å². The van der Waals surface area contributed by atoms with E-state index in [0.29, 0.717) is 18.1 Å². The first kappa shape index (κ1) is 21.8. The molecule has 3 aromatic heterocycles. The first-order valence-corrected chi connectivity index (χ1v) is 11.3. The van der Waals surface area contributed by atoms with Crippen LogP contribution in [0.4, 0.5) is 0 Å². The van der Waals surface area contributed by atoms with E-state index in [1.165, 1.54) is 0 Å². The summed E-state index contributed by atoms with van der Waals surface area (Å²) in [7, 11) is 3.41. The Morgan fingerprint density at radius 2 is 1.79 bits per heavy atom. The SMILES string of the molecule is CCOc1ccc(-c2ccc3ncc4c(c3c2)n(-c2cn(CC)nc2C)c(=O)n4C)cc1OC. The van der Waals surface area contributed by atoms with Crippen LogP contribution in [0.3, 0.4) is 0 Å². The van der Waals surface area contributed by atoms with Gasteiger partial charge in [0.1, 0.15) is 0 Å². The molecule has 2 aromatic carbocycles. The average Bonchev–Trinajstić information content (AvgIpc) is 3.35. The highest BCUT2D eigenvalue weighted by Gasteiger charge is 2.19. The zero-order valence-electron chi connectivity index (χ0n) is 20.0. The summed E-state index contributed by atoms with van der Waals surface area (Å²) >= 11 is 0. The number of pyridine rings is 1. The number of benzene rings is 2. The molecule has 3 heterocycles. The molecule has 34 heavy (non-hydrogen) atoms. The van der Waals surface area contributed by atoms with Gasteiger partial charge < -0.3 is 9.47 Å². The number of aromatic nitrogens is 5. The second-order valence-electron chi connectivity index (χ2n) is 8.16. The third kappa shape index (κ3) is 3.34. The highest BCUT2D eigenvalue weighted by Crippen LogP contribution is 2.35. The maximum Gasteiger partial charge on any atom is 0.333 e. The van der Waals surface area contributed by atoms with Crippen LogP contribution in [-0.2, 0) is 13.6 Å². The molecule has 0 saturated carbocycles. The summed E-state index contributed by atoms with van der Waals surface area (Å²) in [5.74, 6) is 1.38. The number of aryl methyl sites for hydroxylation is 3. The van der Waals surface area contributed by atoms with E-state index in [-0.39, 0.29) is 5.69 Å². The number of rotatable bonds is 6. The monoisotopic (exact) mass is 457 g/mol. The van der Waals surface area contributed by atoms with Crippen LogP contribution < -0.4 is 15.2 Å². The number of fused-ring (bicyclic) bond motifs is 3. The van der Waals surface area contributed by atoms with E-state index in [1.807, 2.05) is 62.0 Å². The number of ether oxygens (including phenoxy) is 2. The lowest BCUT2D eigenvalue weighted by molar-refractivity contribution is 0.311. The Bertz CT molecular complexity index is 1590. The second-order valence-corrected chi connectivity index (χ2v) is 8.16. The van der Waals surface area contributed by atoms with Crippen molar-refractivity contribution in [3.8, 4) is 28.3 Å². The van der Waals surface area contributed by atoms with E-state index in [9.17, 15) is 4.79 Å². The van der Waals surface area contributed by atoms with Crippen LogP contribution in [0.2, 0.25) is 0 Å². The fraction of sp³-hybridized carbons (Fsp3) is 0.269. The highest BCUT2D eigenvalue weighted by molar-refractivity contribution is 6.04. The van der Waals surface area contributed by atoms with Crippen LogP contribution >= 0.6 is 0 Å². The quantitative estimate of drug-likeness (QED) is 0.376. The van der Waals surface area contributed by atoms with Gasteiger partial charge in [-0.1, -0.05) is 12.1 Å². The van der Waals surface area contributed by atoms with Crippen molar-refractivity contribution >= 4 is 21.9 Å². The van der Waals surface area contributed by atoms with Crippen LogP contribution in [0, 0.1) is 6.92 Å². The fourth-order valence-electron chi connectivity index (χ4n) is 4.41. The average molecular weight is 458 g/mol. The van der Waals surface area contributed by atoms with Crippen LogP contribution in [0.5, 0.6) is 11.5 Å². The normalized spacial score (nSPS) is 11.4. The Balaban J connectivity index is 1.78. The van der Waals surface area contributed by atoms with Gasteiger partial charge >= 0.3 is 5.69 Å². The minimum absolute atomic E-state index is 0.129. The molecule has 8 nitrogen and oxygen atoms in total. The Morgan fingerprint density at radius 1 is 1.03 bits per heavy atom. The molecule has 174 valence electrons. The lowest BCUT2D eigenvalue weighted by Gasteiger charge is -2.12. The first-order chi connectivity index (χ1) is 16.5. The fourth-order valence-corrected chi connectivity index (χ4v) is 4.41. The molecule has 5 aromatic rings. The van der Waals surface area contributed by atoms with Gasteiger partial charge in [0.25, 0.3) is 0 Å². The molecule has 8 heteroatoms. The molecule has 0 atom stereocenters. The Morgan fingerprint density at radius 3 is 2.50 bits per heavy atom. The summed E-state index contributed by atoms with van der Waals surface area (Å²) in [4.78, 5) is 18.0. The van der Waals surface area contributed by atoms with Crippen LogP contribution in [0.25, 0.3) is 38.8 Å². The maximum absolute atomic E-state index is 13.4.